The SMILES string of the molecule is CC(C)NC(=O)[C@H](C)N(CCc1ccccc1)C(=O)CN(c1ccc(Cl)cc1Cl)S(C)(=O)=O. The first-order valence-corrected chi connectivity index (χ1v) is 13.1. The van der Waals surface area contributed by atoms with Crippen molar-refractivity contribution in [3.8, 4) is 0 Å². The molecule has 0 unspecified atom stereocenters. The molecular weight excluding hydrogens is 485 g/mol. The van der Waals surface area contributed by atoms with Crippen LogP contribution in [-0.4, -0.2) is 56.6 Å². The van der Waals surface area contributed by atoms with Gasteiger partial charge in [-0.05, 0) is 51.0 Å². The molecule has 2 aromatic rings. The van der Waals surface area contributed by atoms with E-state index in [-0.39, 0.29) is 29.2 Å². The van der Waals surface area contributed by atoms with Crippen LogP contribution in [0.1, 0.15) is 26.3 Å². The Kier molecular flexibility index (Phi) is 9.57. The van der Waals surface area contributed by atoms with E-state index in [9.17, 15) is 18.0 Å². The van der Waals surface area contributed by atoms with Crippen molar-refractivity contribution < 1.29 is 18.0 Å². The molecule has 0 aliphatic rings. The molecule has 0 heterocycles. The van der Waals surface area contributed by atoms with Crippen LogP contribution in [0.2, 0.25) is 10.0 Å². The summed E-state index contributed by atoms with van der Waals surface area (Å²) in [5.74, 6) is -0.837. The van der Waals surface area contributed by atoms with Gasteiger partial charge in [-0.1, -0.05) is 53.5 Å². The number of hydrogen-bond donors (Lipinski definition) is 1. The maximum absolute atomic E-state index is 13.4. The smallest absolute Gasteiger partial charge is 0.244 e. The summed E-state index contributed by atoms with van der Waals surface area (Å²) < 4.78 is 26.0. The summed E-state index contributed by atoms with van der Waals surface area (Å²) in [4.78, 5) is 27.5. The summed E-state index contributed by atoms with van der Waals surface area (Å²) in [7, 11) is -3.86. The second-order valence-corrected chi connectivity index (χ2v) is 10.8. The van der Waals surface area contributed by atoms with Gasteiger partial charge in [0, 0.05) is 17.6 Å². The molecule has 1 N–H and O–H groups in total. The van der Waals surface area contributed by atoms with Gasteiger partial charge in [0.15, 0.2) is 0 Å². The number of nitrogens with one attached hydrogen (secondary N) is 1. The predicted molar refractivity (Wildman–Crippen MR) is 133 cm³/mol. The fourth-order valence-electron chi connectivity index (χ4n) is 3.25. The predicted octanol–water partition coefficient (Wildman–Crippen LogP) is 3.74. The van der Waals surface area contributed by atoms with Crippen LogP contribution in [0.4, 0.5) is 5.69 Å². The second-order valence-electron chi connectivity index (χ2n) is 8.03. The quantitative estimate of drug-likeness (QED) is 0.524. The normalized spacial score (nSPS) is 12.3. The molecule has 180 valence electrons. The van der Waals surface area contributed by atoms with Crippen LogP contribution in [0.25, 0.3) is 0 Å². The zero-order valence-corrected chi connectivity index (χ0v) is 21.4. The van der Waals surface area contributed by atoms with Crippen molar-refractivity contribution in [1.29, 1.82) is 0 Å². The first kappa shape index (κ1) is 27.0. The summed E-state index contributed by atoms with van der Waals surface area (Å²) >= 11 is 12.2. The van der Waals surface area contributed by atoms with Gasteiger partial charge in [0.2, 0.25) is 21.8 Å². The molecule has 2 rings (SSSR count). The summed E-state index contributed by atoms with van der Waals surface area (Å²) in [6, 6.07) is 13.0. The molecule has 0 spiro atoms. The molecule has 7 nitrogen and oxygen atoms in total. The van der Waals surface area contributed by atoms with E-state index in [1.165, 1.54) is 23.1 Å². The number of carbonyl (C=O) groups excluding carboxylic acids is 2. The second kappa shape index (κ2) is 11.7. The fraction of sp³-hybridized carbons (Fsp3) is 0.391. The van der Waals surface area contributed by atoms with Crippen LogP contribution >= 0.6 is 23.2 Å². The highest BCUT2D eigenvalue weighted by Crippen LogP contribution is 2.30. The van der Waals surface area contributed by atoms with Crippen molar-refractivity contribution in [2.45, 2.75) is 39.3 Å². The van der Waals surface area contributed by atoms with Crippen molar-refractivity contribution in [2.24, 2.45) is 0 Å². The Labute approximate surface area is 205 Å². The molecule has 0 fully saturated rings. The topological polar surface area (TPSA) is 86.8 Å². The Balaban J connectivity index is 2.34. The third-order valence-electron chi connectivity index (χ3n) is 4.94. The van der Waals surface area contributed by atoms with E-state index in [0.29, 0.717) is 11.4 Å². The fourth-order valence-corrected chi connectivity index (χ4v) is 4.68. The van der Waals surface area contributed by atoms with Crippen molar-refractivity contribution >= 4 is 50.7 Å². The summed E-state index contributed by atoms with van der Waals surface area (Å²) in [5, 5.41) is 3.25. The average Bonchev–Trinajstić information content (AvgIpc) is 2.72. The standard InChI is InChI=1S/C23H29Cl2N3O4S/c1-16(2)26-23(30)17(3)27(13-12-18-8-6-5-7-9-18)22(29)15-28(33(4,31)32)21-11-10-19(24)14-20(21)25/h5-11,14,16-17H,12-13,15H2,1-4H3,(H,26,30)/t17-/m0/s1. The van der Waals surface area contributed by atoms with Crippen molar-refractivity contribution in [3.05, 3.63) is 64.1 Å². The zero-order chi connectivity index (χ0) is 24.8. The number of carbonyl (C=O) groups is 2. The number of amides is 2. The maximum Gasteiger partial charge on any atom is 0.244 e. The van der Waals surface area contributed by atoms with Gasteiger partial charge in [0.1, 0.15) is 12.6 Å². The van der Waals surface area contributed by atoms with E-state index in [1.807, 2.05) is 44.2 Å². The van der Waals surface area contributed by atoms with Crippen LogP contribution in [0.5, 0.6) is 0 Å². The van der Waals surface area contributed by atoms with Crippen molar-refractivity contribution in [3.63, 3.8) is 0 Å². The van der Waals surface area contributed by atoms with Gasteiger partial charge in [0.05, 0.1) is 17.0 Å². The molecule has 1 atom stereocenters. The number of benzene rings is 2. The number of nitrogens with zero attached hydrogens (tertiary/aromatic N) is 2. The third-order valence-corrected chi connectivity index (χ3v) is 6.60. The van der Waals surface area contributed by atoms with Gasteiger partial charge in [0.25, 0.3) is 0 Å². The molecule has 0 saturated heterocycles. The highest BCUT2D eigenvalue weighted by molar-refractivity contribution is 7.92. The number of anilines is 1. The minimum atomic E-state index is -3.86. The molecule has 0 radical (unpaired) electrons. The largest absolute Gasteiger partial charge is 0.352 e. The van der Waals surface area contributed by atoms with Gasteiger partial charge >= 0.3 is 0 Å². The van der Waals surface area contributed by atoms with E-state index in [2.05, 4.69) is 5.32 Å². The Morgan fingerprint density at radius 2 is 1.67 bits per heavy atom. The zero-order valence-electron chi connectivity index (χ0n) is 19.1. The van der Waals surface area contributed by atoms with Crippen LogP contribution in [0.15, 0.2) is 48.5 Å². The van der Waals surface area contributed by atoms with E-state index in [0.717, 1.165) is 16.1 Å². The first-order chi connectivity index (χ1) is 15.4. The molecule has 2 amide bonds. The average molecular weight is 514 g/mol. The molecule has 0 aliphatic carbocycles. The lowest BCUT2D eigenvalue weighted by Crippen LogP contribution is -2.53. The van der Waals surface area contributed by atoms with Crippen molar-refractivity contribution in [1.82, 2.24) is 10.2 Å². The lowest BCUT2D eigenvalue weighted by atomic mass is 10.1. The van der Waals surface area contributed by atoms with Gasteiger partial charge in [-0.25, -0.2) is 8.42 Å². The Morgan fingerprint density at radius 1 is 1.03 bits per heavy atom. The van der Waals surface area contributed by atoms with Gasteiger partial charge in [-0.2, -0.15) is 0 Å². The number of halogens is 2. The van der Waals surface area contributed by atoms with Gasteiger partial charge in [-0.15, -0.1) is 0 Å². The lowest BCUT2D eigenvalue weighted by molar-refractivity contribution is -0.139. The number of sulfonamides is 1. The molecule has 10 heteroatoms. The van der Waals surface area contributed by atoms with E-state index < -0.39 is 28.5 Å². The molecule has 0 bridgehead atoms. The third kappa shape index (κ3) is 7.91. The van der Waals surface area contributed by atoms with E-state index in [4.69, 9.17) is 23.2 Å². The van der Waals surface area contributed by atoms with Crippen molar-refractivity contribution in [2.75, 3.05) is 23.7 Å². The monoisotopic (exact) mass is 513 g/mol. The minimum absolute atomic E-state index is 0.0992. The van der Waals surface area contributed by atoms with Crippen LogP contribution in [0, 0.1) is 0 Å². The number of rotatable bonds is 10. The van der Waals surface area contributed by atoms with E-state index in [1.54, 1.807) is 6.92 Å². The minimum Gasteiger partial charge on any atom is -0.352 e. The molecule has 0 aliphatic heterocycles. The summed E-state index contributed by atoms with van der Waals surface area (Å²) in [6.07, 6.45) is 1.50. The van der Waals surface area contributed by atoms with Crippen LogP contribution < -0.4 is 9.62 Å². The Bertz CT molecular complexity index is 1080. The molecular formula is C23H29Cl2N3O4S. The van der Waals surface area contributed by atoms with E-state index >= 15 is 0 Å². The Hall–Kier alpha value is -2.29. The van der Waals surface area contributed by atoms with Crippen LogP contribution in [0.3, 0.4) is 0 Å². The van der Waals surface area contributed by atoms with Gasteiger partial charge in [-0.3, -0.25) is 13.9 Å². The highest BCUT2D eigenvalue weighted by Gasteiger charge is 2.30. The highest BCUT2D eigenvalue weighted by atomic mass is 35.5. The molecule has 2 aromatic carbocycles. The number of hydrogen-bond acceptors (Lipinski definition) is 4. The maximum atomic E-state index is 13.4. The Morgan fingerprint density at radius 3 is 2.21 bits per heavy atom. The molecule has 0 saturated carbocycles. The molecule has 33 heavy (non-hydrogen) atoms. The van der Waals surface area contributed by atoms with Crippen LogP contribution in [-0.2, 0) is 26.0 Å². The molecule has 0 aromatic heterocycles. The summed E-state index contributed by atoms with van der Waals surface area (Å²) in [6.45, 7) is 5.01. The first-order valence-electron chi connectivity index (χ1n) is 10.5. The summed E-state index contributed by atoms with van der Waals surface area (Å²) in [5.41, 5.74) is 1.13. The lowest BCUT2D eigenvalue weighted by Gasteiger charge is -2.32. The van der Waals surface area contributed by atoms with Gasteiger partial charge < -0.3 is 10.2 Å².